The maximum Gasteiger partial charge on any atom is 0.411 e. The van der Waals surface area contributed by atoms with Crippen LogP contribution in [0.2, 0.25) is 0 Å². The Kier molecular flexibility index (Phi) is 6.09. The van der Waals surface area contributed by atoms with E-state index in [4.69, 9.17) is 9.47 Å². The van der Waals surface area contributed by atoms with Crippen molar-refractivity contribution < 1.29 is 27.4 Å². The maximum atomic E-state index is 12.3. The SMILES string of the molecule is C[C@@H]1CC[C@H](C(=O)NC[C@@H]2CCCC[C@@H]2OCC(F)(F)F)O1. The van der Waals surface area contributed by atoms with Crippen LogP contribution in [0.1, 0.15) is 45.4 Å². The van der Waals surface area contributed by atoms with Crippen molar-refractivity contribution in [1.29, 1.82) is 0 Å². The Bertz CT molecular complexity index is 376. The molecular formula is C15H24F3NO3. The van der Waals surface area contributed by atoms with E-state index in [0.29, 0.717) is 19.4 Å². The normalized spacial score (nSPS) is 32.9. The Balaban J connectivity index is 1.77. The molecule has 0 spiro atoms. The van der Waals surface area contributed by atoms with Crippen LogP contribution in [0, 0.1) is 5.92 Å². The molecule has 1 heterocycles. The number of amides is 1. The van der Waals surface area contributed by atoms with Gasteiger partial charge in [-0.2, -0.15) is 13.2 Å². The monoisotopic (exact) mass is 323 g/mol. The minimum atomic E-state index is -4.31. The van der Waals surface area contributed by atoms with E-state index in [1.165, 1.54) is 0 Å². The summed E-state index contributed by atoms with van der Waals surface area (Å²) in [6.07, 6.45) is -0.276. The van der Waals surface area contributed by atoms with E-state index in [0.717, 1.165) is 25.7 Å². The van der Waals surface area contributed by atoms with Crippen molar-refractivity contribution in [1.82, 2.24) is 5.32 Å². The van der Waals surface area contributed by atoms with Crippen molar-refractivity contribution in [3.05, 3.63) is 0 Å². The third kappa shape index (κ3) is 5.43. The quantitative estimate of drug-likeness (QED) is 0.846. The van der Waals surface area contributed by atoms with E-state index in [2.05, 4.69) is 5.32 Å². The van der Waals surface area contributed by atoms with Gasteiger partial charge in [-0.15, -0.1) is 0 Å². The summed E-state index contributed by atoms with van der Waals surface area (Å²) in [5.41, 5.74) is 0. The maximum absolute atomic E-state index is 12.3. The van der Waals surface area contributed by atoms with E-state index in [1.807, 2.05) is 6.92 Å². The Labute approximate surface area is 128 Å². The summed E-state index contributed by atoms with van der Waals surface area (Å²) >= 11 is 0. The number of ether oxygens (including phenoxy) is 2. The van der Waals surface area contributed by atoms with Crippen LogP contribution >= 0.6 is 0 Å². The minimum Gasteiger partial charge on any atom is -0.368 e. The first-order valence-electron chi connectivity index (χ1n) is 7.96. The van der Waals surface area contributed by atoms with Gasteiger partial charge < -0.3 is 14.8 Å². The number of halogens is 3. The zero-order valence-electron chi connectivity index (χ0n) is 12.8. The van der Waals surface area contributed by atoms with E-state index in [9.17, 15) is 18.0 Å². The summed E-state index contributed by atoms with van der Waals surface area (Å²) < 4.78 is 47.4. The molecule has 0 bridgehead atoms. The largest absolute Gasteiger partial charge is 0.411 e. The van der Waals surface area contributed by atoms with Gasteiger partial charge in [0.2, 0.25) is 5.91 Å². The van der Waals surface area contributed by atoms with Crippen molar-refractivity contribution in [2.24, 2.45) is 5.92 Å². The Morgan fingerprint density at radius 3 is 2.59 bits per heavy atom. The molecule has 0 aromatic rings. The highest BCUT2D eigenvalue weighted by Crippen LogP contribution is 2.28. The van der Waals surface area contributed by atoms with Gasteiger partial charge in [0.1, 0.15) is 12.7 Å². The van der Waals surface area contributed by atoms with E-state index in [1.54, 1.807) is 0 Å². The highest BCUT2D eigenvalue weighted by molar-refractivity contribution is 5.81. The molecule has 1 saturated carbocycles. The van der Waals surface area contributed by atoms with E-state index >= 15 is 0 Å². The molecule has 22 heavy (non-hydrogen) atoms. The first-order chi connectivity index (χ1) is 10.3. The number of rotatable bonds is 5. The molecule has 128 valence electrons. The van der Waals surface area contributed by atoms with Crippen molar-refractivity contribution in [3.63, 3.8) is 0 Å². The fourth-order valence-electron chi connectivity index (χ4n) is 3.17. The van der Waals surface area contributed by atoms with Gasteiger partial charge in [-0.1, -0.05) is 12.8 Å². The third-order valence-electron chi connectivity index (χ3n) is 4.36. The fraction of sp³-hybridized carbons (Fsp3) is 0.933. The number of hydrogen-bond donors (Lipinski definition) is 1. The molecule has 1 saturated heterocycles. The molecular weight excluding hydrogens is 299 g/mol. The number of alkyl halides is 3. The van der Waals surface area contributed by atoms with Crippen LogP contribution in [0.25, 0.3) is 0 Å². The molecule has 4 atom stereocenters. The Morgan fingerprint density at radius 2 is 1.95 bits per heavy atom. The highest BCUT2D eigenvalue weighted by Gasteiger charge is 2.34. The molecule has 2 fully saturated rings. The lowest BCUT2D eigenvalue weighted by Crippen LogP contribution is -2.42. The van der Waals surface area contributed by atoms with Gasteiger partial charge in [0.05, 0.1) is 12.2 Å². The van der Waals surface area contributed by atoms with Gasteiger partial charge in [0.25, 0.3) is 0 Å². The number of carbonyl (C=O) groups is 1. The lowest BCUT2D eigenvalue weighted by Gasteiger charge is -2.32. The highest BCUT2D eigenvalue weighted by atomic mass is 19.4. The molecule has 1 amide bonds. The first-order valence-corrected chi connectivity index (χ1v) is 7.96. The standard InChI is InChI=1S/C15H24F3NO3/c1-10-6-7-13(22-10)14(20)19-8-11-4-2-3-5-12(11)21-9-15(16,17)18/h10-13H,2-9H2,1H3,(H,19,20)/t10-,11+,12+,13-/m1/s1. The molecule has 1 aliphatic carbocycles. The van der Waals surface area contributed by atoms with Crippen molar-refractivity contribution in [3.8, 4) is 0 Å². The van der Waals surface area contributed by atoms with E-state index < -0.39 is 25.0 Å². The lowest BCUT2D eigenvalue weighted by atomic mass is 9.86. The zero-order chi connectivity index (χ0) is 16.2. The number of hydrogen-bond acceptors (Lipinski definition) is 3. The number of nitrogens with one attached hydrogen (secondary N) is 1. The van der Waals surface area contributed by atoms with Gasteiger partial charge in [-0.3, -0.25) is 4.79 Å². The van der Waals surface area contributed by atoms with Gasteiger partial charge in [-0.05, 0) is 32.6 Å². The summed E-state index contributed by atoms with van der Waals surface area (Å²) in [5.74, 6) is -0.219. The van der Waals surface area contributed by atoms with Crippen molar-refractivity contribution in [2.75, 3.05) is 13.2 Å². The predicted octanol–water partition coefficient (Wildman–Crippen LogP) is 2.81. The molecule has 1 aliphatic heterocycles. The summed E-state index contributed by atoms with van der Waals surface area (Å²) in [6.45, 7) is 1.07. The van der Waals surface area contributed by atoms with Crippen LogP contribution in [0.3, 0.4) is 0 Å². The van der Waals surface area contributed by atoms with Gasteiger partial charge in [0, 0.05) is 12.5 Å². The molecule has 0 radical (unpaired) electrons. The van der Waals surface area contributed by atoms with Crippen LogP contribution in [-0.2, 0) is 14.3 Å². The second-order valence-electron chi connectivity index (χ2n) is 6.27. The summed E-state index contributed by atoms with van der Waals surface area (Å²) in [7, 11) is 0. The van der Waals surface area contributed by atoms with Crippen LogP contribution in [0.4, 0.5) is 13.2 Å². The Morgan fingerprint density at radius 1 is 1.23 bits per heavy atom. The molecule has 2 rings (SSSR count). The second kappa shape index (κ2) is 7.64. The smallest absolute Gasteiger partial charge is 0.368 e. The van der Waals surface area contributed by atoms with Gasteiger partial charge in [-0.25, -0.2) is 0 Å². The lowest BCUT2D eigenvalue weighted by molar-refractivity contribution is -0.193. The van der Waals surface area contributed by atoms with Crippen molar-refractivity contribution >= 4 is 5.91 Å². The second-order valence-corrected chi connectivity index (χ2v) is 6.27. The molecule has 0 unspecified atom stereocenters. The Hall–Kier alpha value is -0.820. The topological polar surface area (TPSA) is 47.6 Å². The molecule has 0 aromatic carbocycles. The van der Waals surface area contributed by atoms with Crippen molar-refractivity contribution in [2.45, 2.75) is 69.9 Å². The van der Waals surface area contributed by atoms with Crippen LogP contribution in [0.5, 0.6) is 0 Å². The number of carbonyl (C=O) groups excluding carboxylic acids is 1. The minimum absolute atomic E-state index is 0.0566. The fourth-order valence-corrected chi connectivity index (χ4v) is 3.17. The van der Waals surface area contributed by atoms with E-state index in [-0.39, 0.29) is 17.9 Å². The summed E-state index contributed by atoms with van der Waals surface area (Å²) in [5, 5.41) is 2.82. The van der Waals surface area contributed by atoms with Crippen LogP contribution in [0.15, 0.2) is 0 Å². The average molecular weight is 323 g/mol. The predicted molar refractivity (Wildman–Crippen MR) is 74.3 cm³/mol. The summed E-state index contributed by atoms with van der Waals surface area (Å²) in [6, 6.07) is 0. The first kappa shape index (κ1) is 17.5. The molecule has 4 nitrogen and oxygen atoms in total. The summed E-state index contributed by atoms with van der Waals surface area (Å²) in [4.78, 5) is 12.0. The zero-order valence-corrected chi connectivity index (χ0v) is 12.8. The third-order valence-corrected chi connectivity index (χ3v) is 4.36. The van der Waals surface area contributed by atoms with Crippen LogP contribution in [-0.4, -0.2) is 43.5 Å². The molecule has 0 aromatic heterocycles. The average Bonchev–Trinajstić information content (AvgIpc) is 2.89. The molecule has 2 aliphatic rings. The van der Waals surface area contributed by atoms with Gasteiger partial charge in [0.15, 0.2) is 0 Å². The molecule has 7 heteroatoms. The van der Waals surface area contributed by atoms with Crippen LogP contribution < -0.4 is 5.32 Å². The van der Waals surface area contributed by atoms with Gasteiger partial charge >= 0.3 is 6.18 Å². The molecule has 1 N–H and O–H groups in total.